The highest BCUT2D eigenvalue weighted by molar-refractivity contribution is 5.85. The van der Waals surface area contributed by atoms with Crippen molar-refractivity contribution in [2.75, 3.05) is 6.61 Å². The van der Waals surface area contributed by atoms with E-state index in [0.717, 1.165) is 19.3 Å². The van der Waals surface area contributed by atoms with E-state index in [2.05, 4.69) is 18.0 Å². The van der Waals surface area contributed by atoms with Crippen LogP contribution in [0, 0.1) is 11.3 Å². The van der Waals surface area contributed by atoms with Crippen LogP contribution in [-0.2, 0) is 0 Å². The van der Waals surface area contributed by atoms with E-state index in [1.807, 2.05) is 0 Å². The molecule has 0 saturated carbocycles. The molecule has 6 heteroatoms. The fraction of sp³-hybridized carbons (Fsp3) is 0.312. The summed E-state index contributed by atoms with van der Waals surface area (Å²) in [6, 6.07) is 7.25. The summed E-state index contributed by atoms with van der Waals surface area (Å²) in [5, 5.41) is 18.1. The van der Waals surface area contributed by atoms with E-state index in [1.54, 1.807) is 22.8 Å². The zero-order valence-electron chi connectivity index (χ0n) is 12.3. The fourth-order valence-corrected chi connectivity index (χ4v) is 2.00. The first kappa shape index (κ1) is 15.6. The van der Waals surface area contributed by atoms with Crippen molar-refractivity contribution in [1.29, 1.82) is 5.26 Å². The molecule has 0 aliphatic carbocycles. The Hall–Kier alpha value is -2.81. The number of ether oxygens (including phenoxy) is 1. The van der Waals surface area contributed by atoms with Crippen molar-refractivity contribution in [2.24, 2.45) is 0 Å². The van der Waals surface area contributed by atoms with Gasteiger partial charge in [0.25, 0.3) is 0 Å². The van der Waals surface area contributed by atoms with Crippen molar-refractivity contribution in [2.45, 2.75) is 26.2 Å². The SMILES string of the molecule is CCCCCOc1ccc(-n2cnc(C(=O)O)c2)cc1C#N. The number of hydrogen-bond donors (Lipinski definition) is 1. The van der Waals surface area contributed by atoms with Gasteiger partial charge >= 0.3 is 5.97 Å². The topological polar surface area (TPSA) is 88.1 Å². The number of unbranched alkanes of at least 4 members (excludes halogenated alkanes) is 2. The Morgan fingerprint density at radius 2 is 2.27 bits per heavy atom. The lowest BCUT2D eigenvalue weighted by molar-refractivity contribution is 0.0691. The fourth-order valence-electron chi connectivity index (χ4n) is 2.00. The molecular weight excluding hydrogens is 282 g/mol. The number of carboxylic acids is 1. The molecule has 0 unspecified atom stereocenters. The van der Waals surface area contributed by atoms with Gasteiger partial charge in [-0.2, -0.15) is 5.26 Å². The third kappa shape index (κ3) is 3.64. The number of aromatic nitrogens is 2. The largest absolute Gasteiger partial charge is 0.492 e. The molecule has 0 radical (unpaired) electrons. The second-order valence-corrected chi connectivity index (χ2v) is 4.82. The number of benzene rings is 1. The van der Waals surface area contributed by atoms with Gasteiger partial charge in [0.1, 0.15) is 18.1 Å². The number of carbonyl (C=O) groups is 1. The molecule has 1 aromatic carbocycles. The predicted molar refractivity (Wildman–Crippen MR) is 80.3 cm³/mol. The second-order valence-electron chi connectivity index (χ2n) is 4.82. The van der Waals surface area contributed by atoms with Gasteiger partial charge in [0.2, 0.25) is 0 Å². The van der Waals surface area contributed by atoms with Crippen LogP contribution in [0.1, 0.15) is 42.2 Å². The standard InChI is InChI=1S/C16H17N3O3/c1-2-3-4-7-22-15-6-5-13(8-12(15)9-17)19-10-14(16(20)21)18-11-19/h5-6,8,10-11H,2-4,7H2,1H3,(H,20,21). The van der Waals surface area contributed by atoms with E-state index in [1.165, 1.54) is 12.5 Å². The number of hydrogen-bond acceptors (Lipinski definition) is 4. The van der Waals surface area contributed by atoms with Crippen molar-refractivity contribution in [1.82, 2.24) is 9.55 Å². The molecule has 1 N–H and O–H groups in total. The first-order chi connectivity index (χ1) is 10.7. The van der Waals surface area contributed by atoms with E-state index in [9.17, 15) is 10.1 Å². The summed E-state index contributed by atoms with van der Waals surface area (Å²) in [4.78, 5) is 14.6. The van der Waals surface area contributed by atoms with Crippen LogP contribution < -0.4 is 4.74 Å². The van der Waals surface area contributed by atoms with Crippen LogP contribution in [0.3, 0.4) is 0 Å². The Morgan fingerprint density at radius 1 is 1.45 bits per heavy atom. The van der Waals surface area contributed by atoms with Gasteiger partial charge in [0, 0.05) is 11.9 Å². The molecule has 0 fully saturated rings. The molecule has 22 heavy (non-hydrogen) atoms. The Labute approximate surface area is 128 Å². The lowest BCUT2D eigenvalue weighted by atomic mass is 10.2. The summed E-state index contributed by atoms with van der Waals surface area (Å²) in [5.74, 6) is -0.545. The van der Waals surface area contributed by atoms with E-state index in [-0.39, 0.29) is 5.69 Å². The molecule has 6 nitrogen and oxygen atoms in total. The Morgan fingerprint density at radius 3 is 2.91 bits per heavy atom. The quantitative estimate of drug-likeness (QED) is 0.794. The van der Waals surface area contributed by atoms with Crippen molar-refractivity contribution in [3.05, 3.63) is 42.0 Å². The smallest absolute Gasteiger partial charge is 0.356 e. The molecule has 0 amide bonds. The number of carboxylic acid groups (broad SMARTS) is 1. The Bertz CT molecular complexity index is 701. The third-order valence-electron chi connectivity index (χ3n) is 3.19. The van der Waals surface area contributed by atoms with Crippen LogP contribution >= 0.6 is 0 Å². The van der Waals surface area contributed by atoms with Crippen LogP contribution in [0.15, 0.2) is 30.7 Å². The number of imidazole rings is 1. The van der Waals surface area contributed by atoms with Gasteiger partial charge in [-0.05, 0) is 24.6 Å². The molecule has 0 aliphatic rings. The van der Waals surface area contributed by atoms with Crippen molar-refractivity contribution in [3.8, 4) is 17.5 Å². The monoisotopic (exact) mass is 299 g/mol. The van der Waals surface area contributed by atoms with E-state index >= 15 is 0 Å². The van der Waals surface area contributed by atoms with Crippen LogP contribution in [0.2, 0.25) is 0 Å². The average molecular weight is 299 g/mol. The van der Waals surface area contributed by atoms with Crippen molar-refractivity contribution >= 4 is 5.97 Å². The first-order valence-corrected chi connectivity index (χ1v) is 7.10. The van der Waals surface area contributed by atoms with E-state index in [0.29, 0.717) is 23.6 Å². The molecule has 2 rings (SSSR count). The van der Waals surface area contributed by atoms with Gasteiger partial charge in [-0.15, -0.1) is 0 Å². The minimum atomic E-state index is -1.09. The number of rotatable bonds is 7. The zero-order valence-corrected chi connectivity index (χ0v) is 12.3. The minimum Gasteiger partial charge on any atom is -0.492 e. The Kier molecular flexibility index (Phi) is 5.15. The molecule has 114 valence electrons. The molecule has 1 aromatic heterocycles. The maximum atomic E-state index is 10.8. The van der Waals surface area contributed by atoms with E-state index in [4.69, 9.17) is 9.84 Å². The minimum absolute atomic E-state index is 0.0431. The summed E-state index contributed by atoms with van der Waals surface area (Å²) in [6.07, 6.45) is 5.96. The molecule has 0 spiro atoms. The van der Waals surface area contributed by atoms with Crippen LogP contribution in [0.5, 0.6) is 5.75 Å². The molecule has 0 bridgehead atoms. The molecular formula is C16H17N3O3. The molecule has 0 aliphatic heterocycles. The summed E-state index contributed by atoms with van der Waals surface area (Å²) >= 11 is 0. The highest BCUT2D eigenvalue weighted by atomic mass is 16.5. The molecule has 2 aromatic rings. The van der Waals surface area contributed by atoms with Gasteiger partial charge in [0.15, 0.2) is 5.69 Å². The lowest BCUT2D eigenvalue weighted by Crippen LogP contribution is -2.00. The van der Waals surface area contributed by atoms with Crippen molar-refractivity contribution in [3.63, 3.8) is 0 Å². The lowest BCUT2D eigenvalue weighted by Gasteiger charge is -2.09. The van der Waals surface area contributed by atoms with Gasteiger partial charge in [-0.25, -0.2) is 9.78 Å². The molecule has 0 saturated heterocycles. The highest BCUT2D eigenvalue weighted by Gasteiger charge is 2.10. The van der Waals surface area contributed by atoms with Gasteiger partial charge in [-0.1, -0.05) is 19.8 Å². The second kappa shape index (κ2) is 7.27. The van der Waals surface area contributed by atoms with Crippen molar-refractivity contribution < 1.29 is 14.6 Å². The van der Waals surface area contributed by atoms with Crippen LogP contribution in [0.25, 0.3) is 5.69 Å². The molecule has 1 heterocycles. The maximum absolute atomic E-state index is 10.8. The third-order valence-corrected chi connectivity index (χ3v) is 3.19. The summed E-state index contributed by atoms with van der Waals surface area (Å²) in [6.45, 7) is 2.70. The van der Waals surface area contributed by atoms with Gasteiger partial charge < -0.3 is 14.4 Å². The summed E-state index contributed by atoms with van der Waals surface area (Å²) < 4.78 is 7.18. The van der Waals surface area contributed by atoms with Crippen LogP contribution in [-0.4, -0.2) is 27.2 Å². The number of nitrogens with zero attached hydrogens (tertiary/aromatic N) is 3. The average Bonchev–Trinajstić information content (AvgIpc) is 3.02. The van der Waals surface area contributed by atoms with Gasteiger partial charge in [0.05, 0.1) is 12.2 Å². The molecule has 0 atom stereocenters. The number of nitriles is 1. The predicted octanol–water partition coefficient (Wildman–Crippen LogP) is 3.01. The maximum Gasteiger partial charge on any atom is 0.356 e. The summed E-state index contributed by atoms with van der Waals surface area (Å²) in [7, 11) is 0. The zero-order chi connectivity index (χ0) is 15.9. The number of aromatic carboxylic acids is 1. The normalized spacial score (nSPS) is 10.2. The van der Waals surface area contributed by atoms with Gasteiger partial charge in [-0.3, -0.25) is 0 Å². The van der Waals surface area contributed by atoms with E-state index < -0.39 is 5.97 Å². The highest BCUT2D eigenvalue weighted by Crippen LogP contribution is 2.22. The Balaban J connectivity index is 2.17. The van der Waals surface area contributed by atoms with Crippen LogP contribution in [0.4, 0.5) is 0 Å². The first-order valence-electron chi connectivity index (χ1n) is 7.10. The summed E-state index contributed by atoms with van der Waals surface area (Å²) in [5.41, 5.74) is 1.04.